The molecule has 0 spiro atoms. The van der Waals surface area contributed by atoms with E-state index in [1.54, 1.807) is 6.92 Å². The number of halogens is 2. The molecule has 17 heavy (non-hydrogen) atoms. The van der Waals surface area contributed by atoms with Crippen LogP contribution in [-0.2, 0) is 0 Å². The minimum absolute atomic E-state index is 0.304. The Morgan fingerprint density at radius 1 is 1.47 bits per heavy atom. The van der Waals surface area contributed by atoms with Gasteiger partial charge in [0.05, 0.1) is 11.7 Å². The van der Waals surface area contributed by atoms with Crippen LogP contribution < -0.4 is 5.32 Å². The SMILES string of the molecule is CC(O)CCCNC(=O)c1cccc(F)c1F. The van der Waals surface area contributed by atoms with Gasteiger partial charge >= 0.3 is 0 Å². The maximum atomic E-state index is 13.2. The molecule has 0 aliphatic heterocycles. The largest absolute Gasteiger partial charge is 0.393 e. The maximum absolute atomic E-state index is 13.2. The van der Waals surface area contributed by atoms with Crippen molar-refractivity contribution in [3.8, 4) is 0 Å². The van der Waals surface area contributed by atoms with Gasteiger partial charge in [0.25, 0.3) is 5.91 Å². The minimum Gasteiger partial charge on any atom is -0.393 e. The summed E-state index contributed by atoms with van der Waals surface area (Å²) >= 11 is 0. The second-order valence-corrected chi connectivity index (χ2v) is 3.85. The number of carbonyl (C=O) groups excluding carboxylic acids is 1. The summed E-state index contributed by atoms with van der Waals surface area (Å²) < 4.78 is 26.1. The Kier molecular flexibility index (Phi) is 5.03. The summed E-state index contributed by atoms with van der Waals surface area (Å²) in [6.07, 6.45) is 0.699. The van der Waals surface area contributed by atoms with Gasteiger partial charge in [0.1, 0.15) is 0 Å². The van der Waals surface area contributed by atoms with E-state index in [0.717, 1.165) is 6.07 Å². The minimum atomic E-state index is -1.14. The van der Waals surface area contributed by atoms with E-state index in [1.807, 2.05) is 0 Å². The van der Waals surface area contributed by atoms with E-state index in [4.69, 9.17) is 5.11 Å². The van der Waals surface area contributed by atoms with Gasteiger partial charge in [-0.05, 0) is 31.9 Å². The summed E-state index contributed by atoms with van der Waals surface area (Å²) in [4.78, 5) is 11.5. The summed E-state index contributed by atoms with van der Waals surface area (Å²) in [6.45, 7) is 1.97. The number of aliphatic hydroxyl groups excluding tert-OH is 1. The topological polar surface area (TPSA) is 49.3 Å². The van der Waals surface area contributed by atoms with Crippen LogP contribution in [0.2, 0.25) is 0 Å². The van der Waals surface area contributed by atoms with Crippen LogP contribution in [0.5, 0.6) is 0 Å². The van der Waals surface area contributed by atoms with Crippen LogP contribution in [0, 0.1) is 11.6 Å². The van der Waals surface area contributed by atoms with Crippen LogP contribution >= 0.6 is 0 Å². The Morgan fingerprint density at radius 2 is 2.18 bits per heavy atom. The molecule has 1 aromatic carbocycles. The number of amides is 1. The normalized spacial score (nSPS) is 12.2. The lowest BCUT2D eigenvalue weighted by Gasteiger charge is -2.07. The van der Waals surface area contributed by atoms with Crippen molar-refractivity contribution in [2.45, 2.75) is 25.9 Å². The number of carbonyl (C=O) groups is 1. The van der Waals surface area contributed by atoms with Crippen molar-refractivity contribution in [2.24, 2.45) is 0 Å². The number of hydrogen-bond donors (Lipinski definition) is 2. The van der Waals surface area contributed by atoms with Crippen molar-refractivity contribution < 1.29 is 18.7 Å². The third-order valence-corrected chi connectivity index (χ3v) is 2.28. The van der Waals surface area contributed by atoms with Gasteiger partial charge in [-0.3, -0.25) is 4.79 Å². The molecule has 94 valence electrons. The number of hydrogen-bond acceptors (Lipinski definition) is 2. The van der Waals surface area contributed by atoms with Gasteiger partial charge in [0.15, 0.2) is 11.6 Å². The number of benzene rings is 1. The Balaban J connectivity index is 2.50. The lowest BCUT2D eigenvalue weighted by Crippen LogP contribution is -2.26. The molecule has 5 heteroatoms. The molecule has 0 heterocycles. The summed E-state index contributed by atoms with van der Waals surface area (Å²) in [7, 11) is 0. The molecule has 1 unspecified atom stereocenters. The first kappa shape index (κ1) is 13.6. The fourth-order valence-corrected chi connectivity index (χ4v) is 1.37. The lowest BCUT2D eigenvalue weighted by atomic mass is 10.2. The Hall–Kier alpha value is -1.49. The van der Waals surface area contributed by atoms with Gasteiger partial charge in [0.2, 0.25) is 0 Å². The Morgan fingerprint density at radius 3 is 2.82 bits per heavy atom. The molecular weight excluding hydrogens is 228 g/mol. The highest BCUT2D eigenvalue weighted by Crippen LogP contribution is 2.10. The van der Waals surface area contributed by atoms with Crippen molar-refractivity contribution in [1.82, 2.24) is 5.32 Å². The molecule has 1 atom stereocenters. The molecular formula is C12H15F2NO2. The van der Waals surface area contributed by atoms with Crippen LogP contribution in [0.1, 0.15) is 30.1 Å². The lowest BCUT2D eigenvalue weighted by molar-refractivity contribution is 0.0944. The Labute approximate surface area is 98.5 Å². The van der Waals surface area contributed by atoms with E-state index in [2.05, 4.69) is 5.32 Å². The Bertz CT molecular complexity index is 394. The molecule has 0 saturated heterocycles. The zero-order chi connectivity index (χ0) is 12.8. The van der Waals surface area contributed by atoms with Crippen LogP contribution in [0.25, 0.3) is 0 Å². The monoisotopic (exact) mass is 243 g/mol. The molecule has 0 radical (unpaired) electrons. The first-order valence-electron chi connectivity index (χ1n) is 5.42. The predicted octanol–water partition coefficient (Wildman–Crippen LogP) is 1.86. The third-order valence-electron chi connectivity index (χ3n) is 2.28. The quantitative estimate of drug-likeness (QED) is 0.775. The first-order valence-corrected chi connectivity index (χ1v) is 5.42. The smallest absolute Gasteiger partial charge is 0.254 e. The summed E-state index contributed by atoms with van der Waals surface area (Å²) in [5.74, 6) is -2.82. The summed E-state index contributed by atoms with van der Waals surface area (Å²) in [6, 6.07) is 3.46. The fourth-order valence-electron chi connectivity index (χ4n) is 1.37. The van der Waals surface area contributed by atoms with Crippen LogP contribution in [-0.4, -0.2) is 23.7 Å². The molecule has 1 rings (SSSR count). The van der Waals surface area contributed by atoms with E-state index in [1.165, 1.54) is 12.1 Å². The number of rotatable bonds is 5. The molecule has 3 nitrogen and oxygen atoms in total. The molecule has 0 aromatic heterocycles. The average Bonchev–Trinajstić information content (AvgIpc) is 2.27. The van der Waals surface area contributed by atoms with Gasteiger partial charge in [-0.2, -0.15) is 0 Å². The number of nitrogens with one attached hydrogen (secondary N) is 1. The molecule has 1 amide bonds. The van der Waals surface area contributed by atoms with Crippen molar-refractivity contribution in [3.63, 3.8) is 0 Å². The standard InChI is InChI=1S/C12H15F2NO2/c1-8(16)4-3-7-15-12(17)9-5-2-6-10(13)11(9)14/h2,5-6,8,16H,3-4,7H2,1H3,(H,15,17). The third kappa shape index (κ3) is 4.11. The van der Waals surface area contributed by atoms with Gasteiger partial charge in [0, 0.05) is 6.54 Å². The van der Waals surface area contributed by atoms with Crippen molar-refractivity contribution in [2.75, 3.05) is 6.54 Å². The van der Waals surface area contributed by atoms with E-state index in [0.29, 0.717) is 19.4 Å². The van der Waals surface area contributed by atoms with Crippen LogP contribution in [0.15, 0.2) is 18.2 Å². The van der Waals surface area contributed by atoms with E-state index in [9.17, 15) is 13.6 Å². The molecule has 0 fully saturated rings. The van der Waals surface area contributed by atoms with E-state index in [-0.39, 0.29) is 5.56 Å². The van der Waals surface area contributed by atoms with Gasteiger partial charge in [-0.25, -0.2) is 8.78 Å². The zero-order valence-electron chi connectivity index (χ0n) is 9.54. The molecule has 0 aliphatic rings. The summed E-state index contributed by atoms with van der Waals surface area (Å²) in [5, 5.41) is 11.5. The summed E-state index contributed by atoms with van der Waals surface area (Å²) in [5.41, 5.74) is -0.304. The van der Waals surface area contributed by atoms with Crippen molar-refractivity contribution >= 4 is 5.91 Å². The first-order chi connectivity index (χ1) is 8.02. The van der Waals surface area contributed by atoms with Crippen LogP contribution in [0.3, 0.4) is 0 Å². The zero-order valence-corrected chi connectivity index (χ0v) is 9.54. The maximum Gasteiger partial charge on any atom is 0.254 e. The van der Waals surface area contributed by atoms with Gasteiger partial charge in [-0.1, -0.05) is 6.07 Å². The molecule has 2 N–H and O–H groups in total. The van der Waals surface area contributed by atoms with Gasteiger partial charge in [-0.15, -0.1) is 0 Å². The fraction of sp³-hybridized carbons (Fsp3) is 0.417. The second kappa shape index (κ2) is 6.30. The van der Waals surface area contributed by atoms with Crippen LogP contribution in [0.4, 0.5) is 8.78 Å². The van der Waals surface area contributed by atoms with E-state index < -0.39 is 23.6 Å². The van der Waals surface area contributed by atoms with Crippen molar-refractivity contribution in [3.05, 3.63) is 35.4 Å². The van der Waals surface area contributed by atoms with E-state index >= 15 is 0 Å². The van der Waals surface area contributed by atoms with Crippen molar-refractivity contribution in [1.29, 1.82) is 0 Å². The highest BCUT2D eigenvalue weighted by molar-refractivity contribution is 5.94. The predicted molar refractivity (Wildman–Crippen MR) is 59.6 cm³/mol. The average molecular weight is 243 g/mol. The number of aliphatic hydroxyl groups is 1. The van der Waals surface area contributed by atoms with Gasteiger partial charge < -0.3 is 10.4 Å². The highest BCUT2D eigenvalue weighted by Gasteiger charge is 2.14. The molecule has 0 saturated carbocycles. The highest BCUT2D eigenvalue weighted by atomic mass is 19.2. The molecule has 1 aromatic rings. The molecule has 0 bridgehead atoms. The molecule has 0 aliphatic carbocycles. The second-order valence-electron chi connectivity index (χ2n) is 3.85.